The van der Waals surface area contributed by atoms with Crippen molar-refractivity contribution in [2.45, 2.75) is 25.7 Å². The second-order valence-corrected chi connectivity index (χ2v) is 5.32. The third-order valence-corrected chi connectivity index (χ3v) is 3.90. The van der Waals surface area contributed by atoms with Gasteiger partial charge in [0.05, 0.1) is 18.1 Å². The lowest BCUT2D eigenvalue weighted by molar-refractivity contribution is 0.509. The molecule has 2 heterocycles. The Morgan fingerprint density at radius 2 is 2.24 bits per heavy atom. The van der Waals surface area contributed by atoms with Crippen molar-refractivity contribution in [2.24, 2.45) is 0 Å². The van der Waals surface area contributed by atoms with E-state index < -0.39 is 5.82 Å². The first kappa shape index (κ1) is 12.2. The number of halogens is 1. The van der Waals surface area contributed by atoms with E-state index in [2.05, 4.69) is 11.1 Å². The van der Waals surface area contributed by atoms with Crippen LogP contribution in [0.5, 0.6) is 0 Å². The average Bonchev–Trinajstić information content (AvgIpc) is 3.00. The second-order valence-electron chi connectivity index (χ2n) is 5.32. The highest BCUT2D eigenvalue weighted by molar-refractivity contribution is 5.89. The molecule has 0 bridgehead atoms. The van der Waals surface area contributed by atoms with Crippen molar-refractivity contribution >= 4 is 11.1 Å². The minimum atomic E-state index is -0.484. The normalized spacial score (nSPS) is 14.5. The highest BCUT2D eigenvalue weighted by Gasteiger charge is 2.31. The summed E-state index contributed by atoms with van der Waals surface area (Å²) < 4.78 is 25.4. The standard InChI is InChI=1S/C16H11FN2O2/c1-8-11(6-18)14-15(21-16(19-14)9-2-3-9)13(17)12(8)10-4-5-20-7-10/h4-5,7,9H,2-3H2,1H3. The van der Waals surface area contributed by atoms with Crippen LogP contribution in [0.1, 0.15) is 35.8 Å². The molecule has 1 aliphatic carbocycles. The van der Waals surface area contributed by atoms with Crippen LogP contribution in [0, 0.1) is 24.1 Å². The van der Waals surface area contributed by atoms with E-state index in [1.165, 1.54) is 12.5 Å². The Morgan fingerprint density at radius 1 is 1.43 bits per heavy atom. The van der Waals surface area contributed by atoms with Crippen molar-refractivity contribution in [1.29, 1.82) is 5.26 Å². The number of benzene rings is 1. The number of rotatable bonds is 2. The predicted molar refractivity (Wildman–Crippen MR) is 73.1 cm³/mol. The van der Waals surface area contributed by atoms with Gasteiger partial charge in [-0.15, -0.1) is 0 Å². The molecule has 1 saturated carbocycles. The topological polar surface area (TPSA) is 63.0 Å². The molecule has 0 atom stereocenters. The lowest BCUT2D eigenvalue weighted by Crippen LogP contribution is -1.94. The molecule has 0 N–H and O–H groups in total. The zero-order chi connectivity index (χ0) is 14.6. The van der Waals surface area contributed by atoms with Gasteiger partial charge < -0.3 is 8.83 Å². The number of fused-ring (bicyclic) bond motifs is 1. The molecule has 5 heteroatoms. The maximum Gasteiger partial charge on any atom is 0.198 e. The van der Waals surface area contributed by atoms with Crippen LogP contribution < -0.4 is 0 Å². The molecule has 1 aromatic carbocycles. The zero-order valence-corrected chi connectivity index (χ0v) is 11.3. The Kier molecular flexibility index (Phi) is 2.43. The van der Waals surface area contributed by atoms with Gasteiger partial charge in [-0.2, -0.15) is 5.26 Å². The molecule has 0 spiro atoms. The monoisotopic (exact) mass is 282 g/mol. The van der Waals surface area contributed by atoms with E-state index in [0.29, 0.717) is 33.7 Å². The molecule has 4 nitrogen and oxygen atoms in total. The van der Waals surface area contributed by atoms with E-state index in [-0.39, 0.29) is 11.5 Å². The molecule has 3 aromatic rings. The Bertz CT molecular complexity index is 884. The highest BCUT2D eigenvalue weighted by atomic mass is 19.1. The molecule has 4 rings (SSSR count). The van der Waals surface area contributed by atoms with E-state index in [9.17, 15) is 9.65 Å². The minimum Gasteiger partial charge on any atom is -0.472 e. The summed E-state index contributed by atoms with van der Waals surface area (Å²) in [6.07, 6.45) is 4.94. The number of hydrogen-bond acceptors (Lipinski definition) is 4. The summed E-state index contributed by atoms with van der Waals surface area (Å²) in [5, 5.41) is 9.42. The van der Waals surface area contributed by atoms with E-state index >= 15 is 0 Å². The summed E-state index contributed by atoms with van der Waals surface area (Å²) >= 11 is 0. The van der Waals surface area contributed by atoms with Gasteiger partial charge in [0.25, 0.3) is 0 Å². The van der Waals surface area contributed by atoms with E-state index in [4.69, 9.17) is 8.83 Å². The average molecular weight is 282 g/mol. The molecule has 1 aliphatic rings. The lowest BCUT2D eigenvalue weighted by atomic mass is 9.97. The van der Waals surface area contributed by atoms with Gasteiger partial charge >= 0.3 is 0 Å². The maximum absolute atomic E-state index is 14.8. The maximum atomic E-state index is 14.8. The van der Waals surface area contributed by atoms with Crippen molar-refractivity contribution in [3.8, 4) is 17.2 Å². The number of furan rings is 1. The molecule has 1 fully saturated rings. The fourth-order valence-electron chi connectivity index (χ4n) is 2.63. The Morgan fingerprint density at radius 3 is 2.86 bits per heavy atom. The molecule has 21 heavy (non-hydrogen) atoms. The highest BCUT2D eigenvalue weighted by Crippen LogP contribution is 2.43. The summed E-state index contributed by atoms with van der Waals surface area (Å²) in [5.74, 6) is 0.312. The Hall–Kier alpha value is -2.61. The third-order valence-electron chi connectivity index (χ3n) is 3.90. The number of nitriles is 1. The molecule has 2 aromatic heterocycles. The summed E-state index contributed by atoms with van der Waals surface area (Å²) in [5.41, 5.74) is 2.23. The predicted octanol–water partition coefficient (Wildman–Crippen LogP) is 4.28. The molecule has 104 valence electrons. The van der Waals surface area contributed by atoms with Gasteiger partial charge in [-0.05, 0) is 31.4 Å². The summed E-state index contributed by atoms with van der Waals surface area (Å²) in [6, 6.07) is 3.78. The molecule has 0 saturated heterocycles. The van der Waals surface area contributed by atoms with Gasteiger partial charge in [0.15, 0.2) is 17.3 Å². The van der Waals surface area contributed by atoms with E-state index in [0.717, 1.165) is 12.8 Å². The summed E-state index contributed by atoms with van der Waals surface area (Å²) in [7, 11) is 0. The SMILES string of the molecule is Cc1c(-c2ccoc2)c(F)c2oc(C3CC3)nc2c1C#N. The first-order chi connectivity index (χ1) is 10.2. The van der Waals surface area contributed by atoms with Gasteiger partial charge in [0.2, 0.25) is 0 Å². The van der Waals surface area contributed by atoms with Crippen LogP contribution in [0.15, 0.2) is 27.4 Å². The van der Waals surface area contributed by atoms with Crippen molar-refractivity contribution in [3.05, 3.63) is 41.4 Å². The fraction of sp³-hybridized carbons (Fsp3) is 0.250. The van der Waals surface area contributed by atoms with Gasteiger partial charge in [-0.1, -0.05) is 0 Å². The van der Waals surface area contributed by atoms with Crippen LogP contribution in [0.4, 0.5) is 4.39 Å². The molecular weight excluding hydrogens is 271 g/mol. The number of aromatic nitrogens is 1. The van der Waals surface area contributed by atoms with Gasteiger partial charge in [0.1, 0.15) is 11.6 Å². The smallest absolute Gasteiger partial charge is 0.198 e. The molecule has 0 radical (unpaired) electrons. The van der Waals surface area contributed by atoms with Crippen LogP contribution >= 0.6 is 0 Å². The number of oxazole rings is 1. The zero-order valence-electron chi connectivity index (χ0n) is 11.3. The van der Waals surface area contributed by atoms with Crippen LogP contribution in [-0.2, 0) is 0 Å². The van der Waals surface area contributed by atoms with Crippen LogP contribution in [0.25, 0.3) is 22.2 Å². The van der Waals surface area contributed by atoms with E-state index in [1.54, 1.807) is 13.0 Å². The first-order valence-corrected chi connectivity index (χ1v) is 6.76. The van der Waals surface area contributed by atoms with Gasteiger partial charge in [-0.25, -0.2) is 9.37 Å². The van der Waals surface area contributed by atoms with Gasteiger partial charge in [0, 0.05) is 17.0 Å². The number of nitrogens with zero attached hydrogens (tertiary/aromatic N) is 2. The van der Waals surface area contributed by atoms with Crippen molar-refractivity contribution in [3.63, 3.8) is 0 Å². The molecule has 0 unspecified atom stereocenters. The quantitative estimate of drug-likeness (QED) is 0.703. The third kappa shape index (κ3) is 1.69. The van der Waals surface area contributed by atoms with Crippen molar-refractivity contribution < 1.29 is 13.2 Å². The van der Waals surface area contributed by atoms with Crippen molar-refractivity contribution in [1.82, 2.24) is 4.98 Å². The summed E-state index contributed by atoms with van der Waals surface area (Å²) in [4.78, 5) is 4.34. The molecule has 0 aliphatic heterocycles. The Labute approximate surface area is 119 Å². The first-order valence-electron chi connectivity index (χ1n) is 6.76. The summed E-state index contributed by atoms with van der Waals surface area (Å²) in [6.45, 7) is 1.72. The van der Waals surface area contributed by atoms with Crippen molar-refractivity contribution in [2.75, 3.05) is 0 Å². The number of hydrogen-bond donors (Lipinski definition) is 0. The van der Waals surface area contributed by atoms with Crippen LogP contribution in [0.3, 0.4) is 0 Å². The van der Waals surface area contributed by atoms with Crippen LogP contribution in [-0.4, -0.2) is 4.98 Å². The largest absolute Gasteiger partial charge is 0.472 e. The fourth-order valence-corrected chi connectivity index (χ4v) is 2.63. The Balaban J connectivity index is 2.09. The molecular formula is C16H11FN2O2. The van der Waals surface area contributed by atoms with Crippen LogP contribution in [0.2, 0.25) is 0 Å². The lowest BCUT2D eigenvalue weighted by Gasteiger charge is -2.07. The van der Waals surface area contributed by atoms with Gasteiger partial charge in [-0.3, -0.25) is 0 Å². The second kappa shape index (κ2) is 4.19. The van der Waals surface area contributed by atoms with E-state index in [1.807, 2.05) is 0 Å². The molecule has 0 amide bonds. The minimum absolute atomic E-state index is 0.0650.